The molecule has 3 aliphatic heterocycles. The SMILES string of the molecule is O=C(C[C@]12COC[C@H]1CN(Cc1ccsc1)C2)N1CCOCC1.O=C(O)C(F)(F)F. The van der Waals surface area contributed by atoms with Crippen LogP contribution in [-0.2, 0) is 25.6 Å². The second-order valence-corrected chi connectivity index (χ2v) is 8.63. The number of ether oxygens (including phenoxy) is 2. The summed E-state index contributed by atoms with van der Waals surface area (Å²) in [6.07, 6.45) is -4.46. The summed E-state index contributed by atoms with van der Waals surface area (Å²) in [6, 6.07) is 2.20. The minimum Gasteiger partial charge on any atom is -0.475 e. The predicted molar refractivity (Wildman–Crippen MR) is 102 cm³/mol. The topological polar surface area (TPSA) is 79.3 Å². The van der Waals surface area contributed by atoms with Gasteiger partial charge in [-0.3, -0.25) is 9.69 Å². The maximum Gasteiger partial charge on any atom is 0.490 e. The molecule has 4 heterocycles. The lowest BCUT2D eigenvalue weighted by atomic mass is 9.77. The van der Waals surface area contributed by atoms with Crippen LogP contribution in [0, 0.1) is 11.3 Å². The third kappa shape index (κ3) is 5.71. The summed E-state index contributed by atoms with van der Waals surface area (Å²) in [5.41, 5.74) is 1.40. The first-order chi connectivity index (χ1) is 14.2. The van der Waals surface area contributed by atoms with Gasteiger partial charge in [0.2, 0.25) is 5.91 Å². The fourth-order valence-corrected chi connectivity index (χ4v) is 4.84. The highest BCUT2D eigenvalue weighted by atomic mass is 32.1. The first-order valence-corrected chi connectivity index (χ1v) is 10.6. The zero-order chi connectivity index (χ0) is 21.8. The molecule has 168 valence electrons. The number of rotatable bonds is 4. The summed E-state index contributed by atoms with van der Waals surface area (Å²) in [4.78, 5) is 26.1. The number of fused-ring (bicyclic) bond motifs is 1. The van der Waals surface area contributed by atoms with Gasteiger partial charge in [0.05, 0.1) is 26.4 Å². The molecule has 7 nitrogen and oxygen atoms in total. The average Bonchev–Trinajstić information content (AvgIpc) is 3.39. The van der Waals surface area contributed by atoms with Gasteiger partial charge in [0.25, 0.3) is 0 Å². The first kappa shape index (κ1) is 23.0. The van der Waals surface area contributed by atoms with Crippen LogP contribution in [0.4, 0.5) is 13.2 Å². The van der Waals surface area contributed by atoms with E-state index in [9.17, 15) is 18.0 Å². The lowest BCUT2D eigenvalue weighted by Crippen LogP contribution is -2.44. The molecule has 1 amide bonds. The monoisotopic (exact) mass is 450 g/mol. The number of carbonyl (C=O) groups is 2. The second-order valence-electron chi connectivity index (χ2n) is 7.85. The molecule has 0 bridgehead atoms. The summed E-state index contributed by atoms with van der Waals surface area (Å²) in [7, 11) is 0. The van der Waals surface area contributed by atoms with Crippen LogP contribution >= 0.6 is 11.3 Å². The molecule has 0 unspecified atom stereocenters. The second kappa shape index (κ2) is 9.63. The van der Waals surface area contributed by atoms with Gasteiger partial charge < -0.3 is 19.5 Å². The number of halogens is 3. The molecular formula is C19H25F3N2O5S. The number of carbonyl (C=O) groups excluding carboxylic acids is 1. The van der Waals surface area contributed by atoms with Gasteiger partial charge in [0, 0.05) is 50.5 Å². The molecule has 11 heteroatoms. The zero-order valence-electron chi connectivity index (χ0n) is 16.4. The molecule has 0 spiro atoms. The van der Waals surface area contributed by atoms with E-state index < -0.39 is 12.1 Å². The Morgan fingerprint density at radius 1 is 1.27 bits per heavy atom. The smallest absolute Gasteiger partial charge is 0.475 e. The van der Waals surface area contributed by atoms with Gasteiger partial charge in [-0.05, 0) is 22.4 Å². The standard InChI is InChI=1S/C17H24N2O3S.C2HF3O2/c20-16(19-2-4-21-5-3-19)7-17-12-18(8-14-1-6-23-11-14)9-15(17)10-22-13-17;3-2(4,5)1(6)7/h1,6,11,15H,2-5,7-10,12-13H2;(H,6,7)/t15-,17+;/m1./s1. The first-order valence-electron chi connectivity index (χ1n) is 9.66. The van der Waals surface area contributed by atoms with E-state index in [4.69, 9.17) is 19.4 Å². The number of alkyl halides is 3. The summed E-state index contributed by atoms with van der Waals surface area (Å²) < 4.78 is 42.9. The van der Waals surface area contributed by atoms with Gasteiger partial charge in [0.1, 0.15) is 0 Å². The largest absolute Gasteiger partial charge is 0.490 e. The van der Waals surface area contributed by atoms with Crippen molar-refractivity contribution in [2.45, 2.75) is 19.1 Å². The van der Waals surface area contributed by atoms with Crippen molar-refractivity contribution in [2.75, 3.05) is 52.6 Å². The molecule has 1 aromatic heterocycles. The summed E-state index contributed by atoms with van der Waals surface area (Å²) in [6.45, 7) is 7.36. The van der Waals surface area contributed by atoms with E-state index >= 15 is 0 Å². The van der Waals surface area contributed by atoms with Crippen molar-refractivity contribution < 1.29 is 37.3 Å². The van der Waals surface area contributed by atoms with Gasteiger partial charge in [-0.2, -0.15) is 24.5 Å². The van der Waals surface area contributed by atoms with E-state index in [1.54, 1.807) is 11.3 Å². The maximum atomic E-state index is 12.7. The lowest BCUT2D eigenvalue weighted by Gasteiger charge is -2.32. The number of carboxylic acids is 1. The highest BCUT2D eigenvalue weighted by Gasteiger charge is 2.51. The minimum atomic E-state index is -5.08. The van der Waals surface area contributed by atoms with E-state index in [0.29, 0.717) is 25.6 Å². The molecule has 2 atom stereocenters. The molecule has 0 aromatic carbocycles. The zero-order valence-corrected chi connectivity index (χ0v) is 17.2. The van der Waals surface area contributed by atoms with Gasteiger partial charge >= 0.3 is 12.1 Å². The fraction of sp³-hybridized carbons (Fsp3) is 0.684. The molecule has 1 N–H and O–H groups in total. The Morgan fingerprint density at radius 3 is 2.57 bits per heavy atom. The molecular weight excluding hydrogens is 425 g/mol. The number of nitrogens with zero attached hydrogens (tertiary/aromatic N) is 2. The van der Waals surface area contributed by atoms with Crippen LogP contribution in [0.2, 0.25) is 0 Å². The van der Waals surface area contributed by atoms with Crippen molar-refractivity contribution in [3.05, 3.63) is 22.4 Å². The highest BCUT2D eigenvalue weighted by molar-refractivity contribution is 7.07. The van der Waals surface area contributed by atoms with E-state index in [1.807, 2.05) is 4.90 Å². The van der Waals surface area contributed by atoms with Crippen LogP contribution in [0.1, 0.15) is 12.0 Å². The molecule has 3 aliphatic rings. The average molecular weight is 450 g/mol. The molecule has 0 radical (unpaired) electrons. The third-order valence-corrected chi connectivity index (χ3v) is 6.42. The molecule has 30 heavy (non-hydrogen) atoms. The number of hydrogen-bond acceptors (Lipinski definition) is 6. The molecule has 1 aromatic rings. The van der Waals surface area contributed by atoms with Crippen LogP contribution in [0.5, 0.6) is 0 Å². The number of hydrogen-bond donors (Lipinski definition) is 1. The quantitative estimate of drug-likeness (QED) is 0.757. The fourth-order valence-electron chi connectivity index (χ4n) is 4.18. The number of carboxylic acid groups (broad SMARTS) is 1. The molecule has 4 rings (SSSR count). The number of likely N-dealkylation sites (tertiary alicyclic amines) is 1. The summed E-state index contributed by atoms with van der Waals surface area (Å²) in [5, 5.41) is 11.5. The normalized spacial score (nSPS) is 26.8. The van der Waals surface area contributed by atoms with Crippen LogP contribution in [-0.4, -0.2) is 85.6 Å². The van der Waals surface area contributed by atoms with Gasteiger partial charge in [0.15, 0.2) is 0 Å². The van der Waals surface area contributed by atoms with Crippen LogP contribution in [0.25, 0.3) is 0 Å². The van der Waals surface area contributed by atoms with E-state index in [0.717, 1.165) is 45.9 Å². The maximum absolute atomic E-state index is 12.7. The van der Waals surface area contributed by atoms with Crippen molar-refractivity contribution in [1.29, 1.82) is 0 Å². The Labute approximate surface area is 176 Å². The molecule has 3 saturated heterocycles. The summed E-state index contributed by atoms with van der Waals surface area (Å²) in [5.74, 6) is -1.99. The number of morpholine rings is 1. The van der Waals surface area contributed by atoms with Crippen molar-refractivity contribution in [3.8, 4) is 0 Å². The Hall–Kier alpha value is -1.69. The number of amides is 1. The van der Waals surface area contributed by atoms with E-state index in [-0.39, 0.29) is 11.3 Å². The van der Waals surface area contributed by atoms with Gasteiger partial charge in [-0.25, -0.2) is 4.79 Å². The lowest BCUT2D eigenvalue weighted by molar-refractivity contribution is -0.192. The molecule has 0 aliphatic carbocycles. The van der Waals surface area contributed by atoms with Crippen LogP contribution in [0.3, 0.4) is 0 Å². The Bertz CT molecular complexity index is 724. The Balaban J connectivity index is 0.000000318. The minimum absolute atomic E-state index is 0.0193. The van der Waals surface area contributed by atoms with Gasteiger partial charge in [-0.15, -0.1) is 0 Å². The Kier molecular flexibility index (Phi) is 7.38. The predicted octanol–water partition coefficient (Wildman–Crippen LogP) is 2.08. The van der Waals surface area contributed by atoms with Gasteiger partial charge in [-0.1, -0.05) is 0 Å². The summed E-state index contributed by atoms with van der Waals surface area (Å²) >= 11 is 1.75. The highest BCUT2D eigenvalue weighted by Crippen LogP contribution is 2.44. The Morgan fingerprint density at radius 2 is 1.97 bits per heavy atom. The van der Waals surface area contributed by atoms with Crippen molar-refractivity contribution in [3.63, 3.8) is 0 Å². The van der Waals surface area contributed by atoms with Crippen LogP contribution < -0.4 is 0 Å². The van der Waals surface area contributed by atoms with Crippen molar-refractivity contribution in [1.82, 2.24) is 9.80 Å². The third-order valence-electron chi connectivity index (χ3n) is 5.69. The number of aliphatic carboxylic acids is 1. The van der Waals surface area contributed by atoms with E-state index in [1.165, 1.54) is 5.56 Å². The molecule has 3 fully saturated rings. The van der Waals surface area contributed by atoms with Crippen molar-refractivity contribution in [2.24, 2.45) is 11.3 Å². The van der Waals surface area contributed by atoms with E-state index in [2.05, 4.69) is 21.7 Å². The molecule has 0 saturated carbocycles. The van der Waals surface area contributed by atoms with Crippen molar-refractivity contribution >= 4 is 23.2 Å². The van der Waals surface area contributed by atoms with Crippen LogP contribution in [0.15, 0.2) is 16.8 Å². The number of thiophene rings is 1.